The fraction of sp³-hybridized carbons (Fsp3) is 0.600. The second-order valence-electron chi connectivity index (χ2n) is 5.80. The minimum Gasteiger partial charge on any atom is -0.378 e. The van der Waals surface area contributed by atoms with Gasteiger partial charge in [-0.25, -0.2) is 4.98 Å². The standard InChI is InChI=1S/C15H21N5O3S/c1-3-10(2)17-11(21)8-20-9-16-13-12(14(20)22)24-15(18-13)19-4-6-23-7-5-19/h9-10H,3-8H2,1-2H3,(H,17,21)/t10-/m0/s1. The summed E-state index contributed by atoms with van der Waals surface area (Å²) in [7, 11) is 0. The Hall–Kier alpha value is -2.00. The highest BCUT2D eigenvalue weighted by molar-refractivity contribution is 7.22. The SMILES string of the molecule is CC[C@H](C)NC(=O)Cn1cnc2nc(N3CCOCC3)sc2c1=O. The van der Waals surface area contributed by atoms with Crippen molar-refractivity contribution in [1.82, 2.24) is 19.9 Å². The molecule has 1 aliphatic rings. The lowest BCUT2D eigenvalue weighted by atomic mass is 10.2. The van der Waals surface area contributed by atoms with Gasteiger partial charge in [0.1, 0.15) is 17.6 Å². The fourth-order valence-electron chi connectivity index (χ4n) is 2.41. The zero-order valence-electron chi connectivity index (χ0n) is 13.8. The van der Waals surface area contributed by atoms with Crippen LogP contribution in [0.25, 0.3) is 10.3 Å². The van der Waals surface area contributed by atoms with Gasteiger partial charge in [-0.3, -0.25) is 14.2 Å². The molecule has 1 saturated heterocycles. The number of carbonyl (C=O) groups is 1. The van der Waals surface area contributed by atoms with Crippen LogP contribution in [0.4, 0.5) is 5.13 Å². The summed E-state index contributed by atoms with van der Waals surface area (Å²) >= 11 is 1.32. The van der Waals surface area contributed by atoms with Gasteiger partial charge in [0.15, 0.2) is 10.8 Å². The van der Waals surface area contributed by atoms with Gasteiger partial charge in [0, 0.05) is 19.1 Å². The van der Waals surface area contributed by atoms with Crippen LogP contribution in [0.3, 0.4) is 0 Å². The lowest BCUT2D eigenvalue weighted by Crippen LogP contribution is -2.37. The molecule has 1 amide bonds. The highest BCUT2D eigenvalue weighted by atomic mass is 32.1. The number of anilines is 1. The van der Waals surface area contributed by atoms with E-state index in [0.29, 0.717) is 23.6 Å². The Morgan fingerprint density at radius 1 is 1.46 bits per heavy atom. The number of thiazole rings is 1. The Labute approximate surface area is 143 Å². The minimum absolute atomic E-state index is 0.0309. The molecule has 0 unspecified atom stereocenters. The quantitative estimate of drug-likeness (QED) is 0.849. The number of fused-ring (bicyclic) bond motifs is 1. The zero-order chi connectivity index (χ0) is 17.1. The zero-order valence-corrected chi connectivity index (χ0v) is 14.6. The van der Waals surface area contributed by atoms with E-state index in [4.69, 9.17) is 4.74 Å². The van der Waals surface area contributed by atoms with Crippen molar-refractivity contribution >= 4 is 32.7 Å². The van der Waals surface area contributed by atoms with Gasteiger partial charge < -0.3 is 15.0 Å². The molecule has 3 rings (SSSR count). The highest BCUT2D eigenvalue weighted by Gasteiger charge is 2.18. The number of ether oxygens (including phenoxy) is 1. The lowest BCUT2D eigenvalue weighted by Gasteiger charge is -2.25. The van der Waals surface area contributed by atoms with Crippen molar-refractivity contribution in [3.05, 3.63) is 16.7 Å². The van der Waals surface area contributed by atoms with E-state index in [1.54, 1.807) is 0 Å². The smallest absolute Gasteiger partial charge is 0.273 e. The normalized spacial score (nSPS) is 16.3. The number of hydrogen-bond acceptors (Lipinski definition) is 7. The maximum absolute atomic E-state index is 12.6. The number of nitrogens with zero attached hydrogens (tertiary/aromatic N) is 4. The minimum atomic E-state index is -0.226. The van der Waals surface area contributed by atoms with Crippen molar-refractivity contribution in [2.24, 2.45) is 0 Å². The second-order valence-corrected chi connectivity index (χ2v) is 6.78. The van der Waals surface area contributed by atoms with Crippen LogP contribution >= 0.6 is 11.3 Å². The number of rotatable bonds is 5. The molecule has 3 heterocycles. The van der Waals surface area contributed by atoms with Crippen molar-refractivity contribution in [1.29, 1.82) is 0 Å². The van der Waals surface area contributed by atoms with E-state index in [9.17, 15) is 9.59 Å². The van der Waals surface area contributed by atoms with Crippen LogP contribution < -0.4 is 15.8 Å². The van der Waals surface area contributed by atoms with Gasteiger partial charge in [0.05, 0.1) is 13.2 Å². The molecule has 2 aromatic heterocycles. The van der Waals surface area contributed by atoms with Gasteiger partial charge >= 0.3 is 0 Å². The number of carbonyl (C=O) groups excluding carboxylic acids is 1. The molecule has 0 spiro atoms. The van der Waals surface area contributed by atoms with Crippen molar-refractivity contribution in [3.8, 4) is 0 Å². The molecule has 0 radical (unpaired) electrons. The van der Waals surface area contributed by atoms with Crippen molar-refractivity contribution < 1.29 is 9.53 Å². The molecule has 1 fully saturated rings. The summed E-state index contributed by atoms with van der Waals surface area (Å²) in [6.07, 6.45) is 2.24. The third kappa shape index (κ3) is 3.57. The first kappa shape index (κ1) is 16.8. The van der Waals surface area contributed by atoms with Gasteiger partial charge in [-0.15, -0.1) is 0 Å². The average molecular weight is 351 g/mol. The van der Waals surface area contributed by atoms with Crippen LogP contribution in [0, 0.1) is 0 Å². The van der Waals surface area contributed by atoms with Gasteiger partial charge in [-0.1, -0.05) is 18.3 Å². The molecule has 0 bridgehead atoms. The van der Waals surface area contributed by atoms with E-state index in [1.807, 2.05) is 13.8 Å². The number of hydrogen-bond donors (Lipinski definition) is 1. The van der Waals surface area contributed by atoms with Crippen LogP contribution in [0.2, 0.25) is 0 Å². The molecule has 0 aromatic carbocycles. The first-order chi connectivity index (χ1) is 11.6. The largest absolute Gasteiger partial charge is 0.378 e. The van der Waals surface area contributed by atoms with Crippen LogP contribution in [-0.2, 0) is 16.1 Å². The Bertz CT molecular complexity index is 781. The van der Waals surface area contributed by atoms with Gasteiger partial charge in [-0.2, -0.15) is 4.98 Å². The van der Waals surface area contributed by atoms with Crippen LogP contribution in [-0.4, -0.2) is 52.8 Å². The van der Waals surface area contributed by atoms with Crippen molar-refractivity contribution in [3.63, 3.8) is 0 Å². The Morgan fingerprint density at radius 3 is 2.92 bits per heavy atom. The second kappa shape index (κ2) is 7.27. The first-order valence-electron chi connectivity index (χ1n) is 8.06. The van der Waals surface area contributed by atoms with Crippen LogP contribution in [0.5, 0.6) is 0 Å². The number of morpholine rings is 1. The Balaban J connectivity index is 1.82. The maximum atomic E-state index is 12.6. The summed E-state index contributed by atoms with van der Waals surface area (Å²) in [4.78, 5) is 35.3. The van der Waals surface area contributed by atoms with Crippen LogP contribution in [0.15, 0.2) is 11.1 Å². The molecule has 130 valence electrons. The third-order valence-corrected chi connectivity index (χ3v) is 5.08. The van der Waals surface area contributed by atoms with Gasteiger partial charge in [0.25, 0.3) is 5.56 Å². The van der Waals surface area contributed by atoms with E-state index < -0.39 is 0 Å². The average Bonchev–Trinajstić information content (AvgIpc) is 3.03. The summed E-state index contributed by atoms with van der Waals surface area (Å²) in [6.45, 7) is 6.72. The van der Waals surface area contributed by atoms with Crippen molar-refractivity contribution in [2.75, 3.05) is 31.2 Å². The number of nitrogens with one attached hydrogen (secondary N) is 1. The van der Waals surface area contributed by atoms with E-state index >= 15 is 0 Å². The molecule has 8 nitrogen and oxygen atoms in total. The third-order valence-electron chi connectivity index (χ3n) is 3.99. The molecule has 0 aliphatic carbocycles. The van der Waals surface area contributed by atoms with Gasteiger partial charge in [-0.05, 0) is 13.3 Å². The number of aromatic nitrogens is 3. The molecule has 1 aliphatic heterocycles. The monoisotopic (exact) mass is 351 g/mol. The summed E-state index contributed by atoms with van der Waals surface area (Å²) < 4.78 is 7.15. The summed E-state index contributed by atoms with van der Waals surface area (Å²) in [5, 5.41) is 3.63. The summed E-state index contributed by atoms with van der Waals surface area (Å²) in [6, 6.07) is 0.0845. The van der Waals surface area contributed by atoms with Crippen molar-refractivity contribution in [2.45, 2.75) is 32.9 Å². The molecular formula is C15H21N5O3S. The lowest BCUT2D eigenvalue weighted by molar-refractivity contribution is -0.122. The van der Waals surface area contributed by atoms with E-state index in [0.717, 1.165) is 24.6 Å². The maximum Gasteiger partial charge on any atom is 0.273 e. The Morgan fingerprint density at radius 2 is 2.21 bits per heavy atom. The predicted octanol–water partition coefficient (Wildman–Crippen LogP) is 0.604. The highest BCUT2D eigenvalue weighted by Crippen LogP contribution is 2.25. The molecule has 1 atom stereocenters. The van der Waals surface area contributed by atoms with E-state index in [2.05, 4.69) is 20.2 Å². The number of amides is 1. The van der Waals surface area contributed by atoms with E-state index in [-0.39, 0.29) is 24.1 Å². The van der Waals surface area contributed by atoms with E-state index in [1.165, 1.54) is 22.2 Å². The van der Waals surface area contributed by atoms with Gasteiger partial charge in [0.2, 0.25) is 5.91 Å². The molecule has 24 heavy (non-hydrogen) atoms. The summed E-state index contributed by atoms with van der Waals surface area (Å²) in [5.74, 6) is -0.189. The fourth-order valence-corrected chi connectivity index (χ4v) is 3.44. The topological polar surface area (TPSA) is 89.3 Å². The molecule has 1 N–H and O–H groups in total. The molecule has 0 saturated carbocycles. The predicted molar refractivity (Wildman–Crippen MR) is 92.6 cm³/mol. The van der Waals surface area contributed by atoms with Crippen LogP contribution in [0.1, 0.15) is 20.3 Å². The molecule has 9 heteroatoms. The molecule has 2 aromatic rings. The summed E-state index contributed by atoms with van der Waals surface area (Å²) in [5.41, 5.74) is 0.210. The molecular weight excluding hydrogens is 330 g/mol. The first-order valence-corrected chi connectivity index (χ1v) is 8.88. The Kier molecular flexibility index (Phi) is 5.10.